The third-order valence-electron chi connectivity index (χ3n) is 6.85. The van der Waals surface area contributed by atoms with Crippen molar-refractivity contribution in [2.24, 2.45) is 0 Å². The molecule has 40 heavy (non-hydrogen) atoms. The van der Waals surface area contributed by atoms with Gasteiger partial charge in [-0.2, -0.15) is 0 Å². The molecule has 0 spiro atoms. The fraction of sp³-hybridized carbons (Fsp3) is 0.355. The summed E-state index contributed by atoms with van der Waals surface area (Å²) in [6.07, 6.45) is 2.08. The smallest absolute Gasteiger partial charge is 0.244 e. The number of carbonyl (C=O) groups is 2. The first-order valence-corrected chi connectivity index (χ1v) is 15.5. The van der Waals surface area contributed by atoms with Gasteiger partial charge < -0.3 is 10.2 Å². The highest BCUT2D eigenvalue weighted by Gasteiger charge is 2.33. The Morgan fingerprint density at radius 3 is 2.20 bits per heavy atom. The number of sulfonamides is 1. The molecule has 0 bridgehead atoms. The summed E-state index contributed by atoms with van der Waals surface area (Å²) in [5, 5.41) is 3.58. The van der Waals surface area contributed by atoms with Gasteiger partial charge in [-0.1, -0.05) is 73.1 Å². The average Bonchev–Trinajstić information content (AvgIpc) is 2.91. The molecule has 2 unspecified atom stereocenters. The van der Waals surface area contributed by atoms with Crippen LogP contribution >= 0.6 is 11.6 Å². The fourth-order valence-electron chi connectivity index (χ4n) is 4.36. The van der Waals surface area contributed by atoms with Crippen molar-refractivity contribution in [2.75, 3.05) is 17.1 Å². The van der Waals surface area contributed by atoms with Gasteiger partial charge in [0.15, 0.2) is 0 Å². The molecule has 0 saturated heterocycles. The molecule has 0 heterocycles. The summed E-state index contributed by atoms with van der Waals surface area (Å²) in [4.78, 5) is 29.3. The van der Waals surface area contributed by atoms with E-state index in [0.717, 1.165) is 39.2 Å². The van der Waals surface area contributed by atoms with Gasteiger partial charge in [-0.15, -0.1) is 0 Å². The van der Waals surface area contributed by atoms with E-state index in [0.29, 0.717) is 10.7 Å². The first kappa shape index (κ1) is 31.2. The Bertz CT molecular complexity index is 1410. The predicted molar refractivity (Wildman–Crippen MR) is 162 cm³/mol. The molecule has 0 saturated carbocycles. The van der Waals surface area contributed by atoms with Crippen LogP contribution in [0, 0.1) is 13.8 Å². The molecule has 3 aromatic carbocycles. The standard InChI is InChI=1S/C31H38ClN3O4S/c1-6-24(4)33-31(37)29(19-25-10-8-7-9-11-25)34(20-26-14-16-27(32)17-15-26)30(36)21-35(40(5,38)39)28-18-22(2)12-13-23(28)3/h7-18,24,29H,6,19-21H2,1-5H3,(H,33,37). The largest absolute Gasteiger partial charge is 0.352 e. The number of rotatable bonds is 12. The number of hydrogen-bond acceptors (Lipinski definition) is 4. The van der Waals surface area contributed by atoms with E-state index in [1.807, 2.05) is 63.2 Å². The maximum absolute atomic E-state index is 14.1. The highest BCUT2D eigenvalue weighted by Crippen LogP contribution is 2.25. The minimum Gasteiger partial charge on any atom is -0.352 e. The number of amides is 2. The van der Waals surface area contributed by atoms with E-state index >= 15 is 0 Å². The maximum Gasteiger partial charge on any atom is 0.244 e. The second-order valence-corrected chi connectivity index (χ2v) is 12.6. The van der Waals surface area contributed by atoms with Gasteiger partial charge in [-0.25, -0.2) is 8.42 Å². The van der Waals surface area contributed by atoms with E-state index in [-0.39, 0.29) is 24.9 Å². The zero-order valence-corrected chi connectivity index (χ0v) is 25.3. The number of anilines is 1. The molecule has 0 aliphatic rings. The Balaban J connectivity index is 2.08. The predicted octanol–water partition coefficient (Wildman–Crippen LogP) is 5.28. The Morgan fingerprint density at radius 2 is 1.60 bits per heavy atom. The Labute approximate surface area is 243 Å². The fourth-order valence-corrected chi connectivity index (χ4v) is 5.39. The van der Waals surface area contributed by atoms with Crippen molar-refractivity contribution in [3.63, 3.8) is 0 Å². The van der Waals surface area contributed by atoms with Gasteiger partial charge in [0.1, 0.15) is 12.6 Å². The number of halogens is 1. The van der Waals surface area contributed by atoms with Crippen molar-refractivity contribution >= 4 is 39.1 Å². The van der Waals surface area contributed by atoms with Crippen LogP contribution in [0.25, 0.3) is 0 Å². The summed E-state index contributed by atoms with van der Waals surface area (Å²) < 4.78 is 27.1. The molecule has 9 heteroatoms. The molecule has 0 radical (unpaired) electrons. The minimum absolute atomic E-state index is 0.0966. The highest BCUT2D eigenvalue weighted by atomic mass is 35.5. The van der Waals surface area contributed by atoms with Gasteiger partial charge in [0.05, 0.1) is 11.9 Å². The van der Waals surface area contributed by atoms with Gasteiger partial charge in [-0.05, 0) is 67.6 Å². The van der Waals surface area contributed by atoms with Gasteiger partial charge >= 0.3 is 0 Å². The van der Waals surface area contributed by atoms with Crippen molar-refractivity contribution in [1.82, 2.24) is 10.2 Å². The van der Waals surface area contributed by atoms with E-state index in [1.165, 1.54) is 4.90 Å². The van der Waals surface area contributed by atoms with Crippen LogP contribution in [0.5, 0.6) is 0 Å². The normalized spacial score (nSPS) is 12.8. The van der Waals surface area contributed by atoms with Crippen LogP contribution in [-0.4, -0.2) is 50.0 Å². The molecular weight excluding hydrogens is 546 g/mol. The number of nitrogens with one attached hydrogen (secondary N) is 1. The molecular formula is C31H38ClN3O4S. The van der Waals surface area contributed by atoms with Crippen molar-refractivity contribution in [3.05, 3.63) is 100 Å². The van der Waals surface area contributed by atoms with Crippen LogP contribution in [0.15, 0.2) is 72.8 Å². The molecule has 0 fully saturated rings. The molecule has 1 N–H and O–H groups in total. The first-order valence-electron chi connectivity index (χ1n) is 13.3. The van der Waals surface area contributed by atoms with E-state index in [1.54, 1.807) is 37.3 Å². The third kappa shape index (κ3) is 8.57. The lowest BCUT2D eigenvalue weighted by molar-refractivity contribution is -0.140. The van der Waals surface area contributed by atoms with Gasteiger partial charge in [-0.3, -0.25) is 13.9 Å². The lowest BCUT2D eigenvalue weighted by Gasteiger charge is -2.34. The van der Waals surface area contributed by atoms with Gasteiger partial charge in [0.2, 0.25) is 21.8 Å². The summed E-state index contributed by atoms with van der Waals surface area (Å²) in [6, 6.07) is 21.0. The number of benzene rings is 3. The third-order valence-corrected chi connectivity index (χ3v) is 8.23. The van der Waals surface area contributed by atoms with Crippen molar-refractivity contribution in [1.29, 1.82) is 0 Å². The molecule has 0 aliphatic heterocycles. The van der Waals surface area contributed by atoms with E-state index in [9.17, 15) is 18.0 Å². The van der Waals surface area contributed by atoms with Crippen LogP contribution in [0.4, 0.5) is 5.69 Å². The summed E-state index contributed by atoms with van der Waals surface area (Å²) >= 11 is 6.10. The topological polar surface area (TPSA) is 86.8 Å². The quantitative estimate of drug-likeness (QED) is 0.314. The molecule has 3 rings (SSSR count). The Morgan fingerprint density at radius 1 is 0.950 bits per heavy atom. The van der Waals surface area contributed by atoms with E-state index in [2.05, 4.69) is 5.32 Å². The molecule has 214 valence electrons. The summed E-state index contributed by atoms with van der Waals surface area (Å²) in [5.41, 5.74) is 3.68. The highest BCUT2D eigenvalue weighted by molar-refractivity contribution is 7.92. The average molecular weight is 584 g/mol. The summed E-state index contributed by atoms with van der Waals surface area (Å²) in [7, 11) is -3.82. The Hall–Kier alpha value is -3.36. The van der Waals surface area contributed by atoms with Crippen molar-refractivity contribution in [3.8, 4) is 0 Å². The Kier molecular flexibility index (Phi) is 10.8. The number of carbonyl (C=O) groups excluding carboxylic acids is 2. The number of aryl methyl sites for hydroxylation is 2. The van der Waals surface area contributed by atoms with E-state index in [4.69, 9.17) is 11.6 Å². The molecule has 0 aliphatic carbocycles. The second-order valence-electron chi connectivity index (χ2n) is 10.2. The van der Waals surface area contributed by atoms with Crippen LogP contribution in [0.3, 0.4) is 0 Å². The maximum atomic E-state index is 14.1. The monoisotopic (exact) mass is 583 g/mol. The summed E-state index contributed by atoms with van der Waals surface area (Å²) in [5.74, 6) is -0.778. The van der Waals surface area contributed by atoms with Gasteiger partial charge in [0.25, 0.3) is 0 Å². The van der Waals surface area contributed by atoms with Crippen LogP contribution < -0.4 is 9.62 Å². The zero-order valence-electron chi connectivity index (χ0n) is 23.7. The molecule has 2 atom stereocenters. The van der Waals surface area contributed by atoms with Crippen LogP contribution in [-0.2, 0) is 32.6 Å². The lowest BCUT2D eigenvalue weighted by Crippen LogP contribution is -2.54. The molecule has 7 nitrogen and oxygen atoms in total. The minimum atomic E-state index is -3.82. The molecule has 0 aromatic heterocycles. The number of nitrogens with zero attached hydrogens (tertiary/aromatic N) is 2. The molecule has 3 aromatic rings. The molecule has 2 amide bonds. The SMILES string of the molecule is CCC(C)NC(=O)C(Cc1ccccc1)N(Cc1ccc(Cl)cc1)C(=O)CN(c1cc(C)ccc1C)S(C)(=O)=O. The second kappa shape index (κ2) is 13.8. The van der Waals surface area contributed by atoms with Crippen molar-refractivity contribution in [2.45, 2.75) is 59.2 Å². The van der Waals surface area contributed by atoms with Crippen LogP contribution in [0.2, 0.25) is 5.02 Å². The van der Waals surface area contributed by atoms with Gasteiger partial charge in [0, 0.05) is 24.0 Å². The van der Waals surface area contributed by atoms with E-state index < -0.39 is 28.5 Å². The van der Waals surface area contributed by atoms with Crippen molar-refractivity contribution < 1.29 is 18.0 Å². The number of hydrogen-bond donors (Lipinski definition) is 1. The van der Waals surface area contributed by atoms with Crippen LogP contribution in [0.1, 0.15) is 42.5 Å². The first-order chi connectivity index (χ1) is 18.9. The lowest BCUT2D eigenvalue weighted by atomic mass is 10.0. The zero-order chi connectivity index (χ0) is 29.4. The summed E-state index contributed by atoms with van der Waals surface area (Å²) in [6.45, 7) is 7.22.